The number of hydrogen-bond donors (Lipinski definition) is 0. The topological polar surface area (TPSA) is 59.3 Å². The summed E-state index contributed by atoms with van der Waals surface area (Å²) >= 11 is 0. The molecule has 5 heteroatoms. The van der Waals surface area contributed by atoms with Gasteiger partial charge >= 0.3 is 5.97 Å². The maximum atomic E-state index is 13.9. The van der Waals surface area contributed by atoms with Crippen LogP contribution >= 0.6 is 0 Å². The maximum Gasteiger partial charge on any atom is 0.340 e. The van der Waals surface area contributed by atoms with Crippen LogP contribution in [0.15, 0.2) is 36.4 Å². The molecule has 0 saturated heterocycles. The van der Waals surface area contributed by atoms with Crippen LogP contribution in [0, 0.1) is 24.1 Å². The zero-order valence-electron chi connectivity index (χ0n) is 11.5. The van der Waals surface area contributed by atoms with Crippen molar-refractivity contribution in [3.8, 4) is 17.6 Å². The van der Waals surface area contributed by atoms with Gasteiger partial charge in [-0.25, -0.2) is 9.18 Å². The Morgan fingerprint density at radius 3 is 2.67 bits per heavy atom. The molecule has 0 saturated carbocycles. The number of esters is 1. The molecular formula is C16H12FNO3. The van der Waals surface area contributed by atoms with Crippen molar-refractivity contribution in [2.24, 2.45) is 0 Å². The van der Waals surface area contributed by atoms with Crippen molar-refractivity contribution >= 4 is 5.97 Å². The van der Waals surface area contributed by atoms with E-state index in [9.17, 15) is 9.18 Å². The predicted molar refractivity (Wildman–Crippen MR) is 73.7 cm³/mol. The molecule has 0 N–H and O–H groups in total. The van der Waals surface area contributed by atoms with Crippen molar-refractivity contribution in [2.75, 3.05) is 7.11 Å². The summed E-state index contributed by atoms with van der Waals surface area (Å²) in [6, 6.07) is 11.3. The fourth-order valence-corrected chi connectivity index (χ4v) is 1.82. The lowest BCUT2D eigenvalue weighted by Gasteiger charge is -2.10. The maximum absolute atomic E-state index is 13.9. The van der Waals surface area contributed by atoms with E-state index < -0.39 is 11.8 Å². The molecule has 0 fully saturated rings. The lowest BCUT2D eigenvalue weighted by molar-refractivity contribution is 0.0595. The highest BCUT2D eigenvalue weighted by Gasteiger charge is 2.16. The van der Waals surface area contributed by atoms with Gasteiger partial charge in [-0.3, -0.25) is 0 Å². The van der Waals surface area contributed by atoms with E-state index in [1.54, 1.807) is 24.3 Å². The van der Waals surface area contributed by atoms with Crippen molar-refractivity contribution in [3.63, 3.8) is 0 Å². The molecule has 0 bridgehead atoms. The quantitative estimate of drug-likeness (QED) is 0.809. The molecule has 106 valence electrons. The van der Waals surface area contributed by atoms with Gasteiger partial charge in [-0.15, -0.1) is 0 Å². The van der Waals surface area contributed by atoms with Crippen LogP contribution < -0.4 is 4.74 Å². The third kappa shape index (κ3) is 3.18. The molecule has 21 heavy (non-hydrogen) atoms. The zero-order chi connectivity index (χ0) is 15.4. The van der Waals surface area contributed by atoms with Crippen LogP contribution in [0.25, 0.3) is 0 Å². The summed E-state index contributed by atoms with van der Waals surface area (Å²) in [6.45, 7) is 1.53. The van der Waals surface area contributed by atoms with Crippen molar-refractivity contribution in [3.05, 3.63) is 58.9 Å². The molecule has 0 aliphatic rings. The molecule has 2 aromatic rings. The number of nitriles is 1. The molecule has 0 atom stereocenters. The van der Waals surface area contributed by atoms with Gasteiger partial charge in [0.05, 0.1) is 24.3 Å². The fraction of sp³-hybridized carbons (Fsp3) is 0.125. The molecule has 0 spiro atoms. The van der Waals surface area contributed by atoms with Crippen LogP contribution in [0.5, 0.6) is 11.5 Å². The lowest BCUT2D eigenvalue weighted by Crippen LogP contribution is -2.06. The van der Waals surface area contributed by atoms with Crippen LogP contribution in [-0.2, 0) is 4.74 Å². The van der Waals surface area contributed by atoms with E-state index in [-0.39, 0.29) is 11.1 Å². The van der Waals surface area contributed by atoms with E-state index in [4.69, 9.17) is 10.00 Å². The molecule has 0 unspecified atom stereocenters. The highest BCUT2D eigenvalue weighted by atomic mass is 19.1. The van der Waals surface area contributed by atoms with Crippen LogP contribution in [-0.4, -0.2) is 13.1 Å². The molecule has 0 aromatic heterocycles. The lowest BCUT2D eigenvalue weighted by atomic mass is 10.1. The smallest absolute Gasteiger partial charge is 0.340 e. The number of carbonyl (C=O) groups is 1. The number of halogens is 1. The van der Waals surface area contributed by atoms with E-state index in [0.717, 1.165) is 0 Å². The molecule has 0 aliphatic carbocycles. The van der Waals surface area contributed by atoms with E-state index in [1.165, 1.54) is 26.2 Å². The van der Waals surface area contributed by atoms with Crippen molar-refractivity contribution in [2.45, 2.75) is 6.92 Å². The summed E-state index contributed by atoms with van der Waals surface area (Å²) in [5.74, 6) is -0.688. The Kier molecular flexibility index (Phi) is 4.19. The predicted octanol–water partition coefficient (Wildman–Crippen LogP) is 3.58. The second-order valence-electron chi connectivity index (χ2n) is 4.33. The van der Waals surface area contributed by atoms with Gasteiger partial charge in [0.15, 0.2) is 0 Å². The van der Waals surface area contributed by atoms with E-state index >= 15 is 0 Å². The van der Waals surface area contributed by atoms with Crippen molar-refractivity contribution < 1.29 is 18.7 Å². The normalized spacial score (nSPS) is 9.81. The summed E-state index contributed by atoms with van der Waals surface area (Å²) in [5.41, 5.74) is 0.521. The Bertz CT molecular complexity index is 735. The summed E-state index contributed by atoms with van der Waals surface area (Å²) < 4.78 is 24.0. The first-order valence-corrected chi connectivity index (χ1v) is 6.11. The summed E-state index contributed by atoms with van der Waals surface area (Å²) in [6.07, 6.45) is 0. The number of methoxy groups -OCH3 is 1. The highest BCUT2D eigenvalue weighted by Crippen LogP contribution is 2.27. The van der Waals surface area contributed by atoms with Gasteiger partial charge in [-0.05, 0) is 42.8 Å². The van der Waals surface area contributed by atoms with Gasteiger partial charge in [0.2, 0.25) is 0 Å². The van der Waals surface area contributed by atoms with E-state index in [1.807, 2.05) is 6.07 Å². The van der Waals surface area contributed by atoms with E-state index in [2.05, 4.69) is 4.74 Å². The number of carbonyl (C=O) groups excluding carboxylic acids is 1. The summed E-state index contributed by atoms with van der Waals surface area (Å²) in [4.78, 5) is 11.5. The van der Waals surface area contributed by atoms with Crippen molar-refractivity contribution in [1.82, 2.24) is 0 Å². The largest absolute Gasteiger partial charge is 0.465 e. The number of hydrogen-bond acceptors (Lipinski definition) is 4. The van der Waals surface area contributed by atoms with Gasteiger partial charge in [-0.1, -0.05) is 6.07 Å². The first-order chi connectivity index (χ1) is 10.0. The standard InChI is InChI=1S/C16H12FNO3/c1-10-6-13(8-14(15(10)17)16(19)20-2)21-12-5-3-4-11(7-12)9-18/h3-8H,1-2H3. The first-order valence-electron chi connectivity index (χ1n) is 6.11. The monoisotopic (exact) mass is 285 g/mol. The van der Waals surface area contributed by atoms with Crippen LogP contribution in [0.1, 0.15) is 21.5 Å². The fourth-order valence-electron chi connectivity index (χ4n) is 1.82. The van der Waals surface area contributed by atoms with Crippen molar-refractivity contribution in [1.29, 1.82) is 5.26 Å². The third-order valence-corrected chi connectivity index (χ3v) is 2.83. The average molecular weight is 285 g/mol. The van der Waals surface area contributed by atoms with Gasteiger partial charge in [0.25, 0.3) is 0 Å². The number of benzene rings is 2. The first kappa shape index (κ1) is 14.5. The van der Waals surface area contributed by atoms with Gasteiger partial charge in [0, 0.05) is 0 Å². The highest BCUT2D eigenvalue weighted by molar-refractivity contribution is 5.90. The summed E-state index contributed by atoms with van der Waals surface area (Å²) in [5, 5.41) is 8.84. The molecule has 2 aromatic carbocycles. The Hall–Kier alpha value is -2.87. The van der Waals surface area contributed by atoms with Gasteiger partial charge in [-0.2, -0.15) is 5.26 Å². The van der Waals surface area contributed by atoms with Crippen LogP contribution in [0.4, 0.5) is 4.39 Å². The van der Waals surface area contributed by atoms with Crippen LogP contribution in [0.2, 0.25) is 0 Å². The van der Waals surface area contributed by atoms with E-state index in [0.29, 0.717) is 17.1 Å². The molecule has 0 amide bonds. The molecule has 4 nitrogen and oxygen atoms in total. The van der Waals surface area contributed by atoms with Crippen LogP contribution in [0.3, 0.4) is 0 Å². The molecule has 0 aliphatic heterocycles. The average Bonchev–Trinajstić information content (AvgIpc) is 2.50. The Labute approximate surface area is 121 Å². The minimum atomic E-state index is -0.771. The minimum Gasteiger partial charge on any atom is -0.465 e. The van der Waals surface area contributed by atoms with Gasteiger partial charge < -0.3 is 9.47 Å². The second kappa shape index (κ2) is 6.06. The zero-order valence-corrected chi connectivity index (χ0v) is 11.5. The number of nitrogens with zero attached hydrogens (tertiary/aromatic N) is 1. The molecule has 0 heterocycles. The number of ether oxygens (including phenoxy) is 2. The third-order valence-electron chi connectivity index (χ3n) is 2.83. The number of rotatable bonds is 3. The van der Waals surface area contributed by atoms with Gasteiger partial charge in [0.1, 0.15) is 17.3 Å². The molecule has 0 radical (unpaired) electrons. The summed E-state index contributed by atoms with van der Waals surface area (Å²) in [7, 11) is 1.18. The SMILES string of the molecule is COC(=O)c1cc(Oc2cccc(C#N)c2)cc(C)c1F. The Balaban J connectivity index is 2.38. The number of aryl methyl sites for hydroxylation is 1. The molecular weight excluding hydrogens is 273 g/mol. The minimum absolute atomic E-state index is 0.191. The second-order valence-corrected chi connectivity index (χ2v) is 4.33. The Morgan fingerprint density at radius 1 is 1.24 bits per heavy atom. The molecule has 2 rings (SSSR count). The Morgan fingerprint density at radius 2 is 2.00 bits per heavy atom.